The van der Waals surface area contributed by atoms with Gasteiger partial charge < -0.3 is 5.32 Å². The van der Waals surface area contributed by atoms with Crippen molar-refractivity contribution in [1.29, 1.82) is 0 Å². The molecule has 3 nitrogen and oxygen atoms in total. The maximum atomic E-state index is 13.0. The van der Waals surface area contributed by atoms with Crippen LogP contribution < -0.4 is 5.32 Å². The van der Waals surface area contributed by atoms with E-state index in [4.69, 9.17) is 4.98 Å². The second-order valence-electron chi connectivity index (χ2n) is 8.46. The van der Waals surface area contributed by atoms with Crippen LogP contribution in [-0.4, -0.2) is 10.9 Å². The van der Waals surface area contributed by atoms with Crippen LogP contribution in [0.2, 0.25) is 0 Å². The number of nitrogens with one attached hydrogen (secondary N) is 1. The van der Waals surface area contributed by atoms with Gasteiger partial charge in [0.05, 0.1) is 5.69 Å². The average Bonchev–Trinajstić information content (AvgIpc) is 3.43. The average molecular weight is 475 g/mol. The molecule has 35 heavy (non-hydrogen) atoms. The van der Waals surface area contributed by atoms with Gasteiger partial charge in [-0.05, 0) is 22.8 Å². The van der Waals surface area contributed by atoms with E-state index in [0.29, 0.717) is 13.0 Å². The molecule has 1 heterocycles. The molecule has 0 fully saturated rings. The Kier molecular flexibility index (Phi) is 7.11. The van der Waals surface area contributed by atoms with E-state index < -0.39 is 0 Å². The maximum absolute atomic E-state index is 13.0. The fraction of sp³-hybridized carbons (Fsp3) is 0.0968. The van der Waals surface area contributed by atoms with Crippen molar-refractivity contribution in [2.24, 2.45) is 0 Å². The summed E-state index contributed by atoms with van der Waals surface area (Å²) >= 11 is 1.64. The van der Waals surface area contributed by atoms with Crippen molar-refractivity contribution in [3.05, 3.63) is 137 Å². The third-order valence-corrected chi connectivity index (χ3v) is 6.92. The summed E-state index contributed by atoms with van der Waals surface area (Å²) in [5.74, 6) is 0.0594. The Morgan fingerprint density at radius 3 is 2.00 bits per heavy atom. The number of hydrogen-bond acceptors (Lipinski definition) is 3. The number of carbonyl (C=O) groups excluding carboxylic acids is 1. The first kappa shape index (κ1) is 22.8. The molecule has 5 aromatic rings. The molecule has 1 N–H and O–H groups in total. The zero-order valence-corrected chi connectivity index (χ0v) is 20.1. The SMILES string of the molecule is O=C(CC(c1ccccc1)c1ccccc1)NCc1cccc(-c2nc(-c3ccccc3)cs2)c1. The predicted molar refractivity (Wildman–Crippen MR) is 144 cm³/mol. The van der Waals surface area contributed by atoms with Gasteiger partial charge in [-0.3, -0.25) is 4.79 Å². The molecule has 0 spiro atoms. The van der Waals surface area contributed by atoms with Crippen molar-refractivity contribution < 1.29 is 4.79 Å². The van der Waals surface area contributed by atoms with Crippen molar-refractivity contribution in [3.63, 3.8) is 0 Å². The molecular weight excluding hydrogens is 448 g/mol. The molecule has 0 bridgehead atoms. The lowest BCUT2D eigenvalue weighted by Crippen LogP contribution is -2.25. The molecule has 0 saturated heterocycles. The van der Waals surface area contributed by atoms with Crippen LogP contribution in [0.5, 0.6) is 0 Å². The van der Waals surface area contributed by atoms with Gasteiger partial charge in [-0.25, -0.2) is 4.98 Å². The van der Waals surface area contributed by atoms with Crippen molar-refractivity contribution in [2.75, 3.05) is 0 Å². The van der Waals surface area contributed by atoms with Gasteiger partial charge in [0.15, 0.2) is 0 Å². The predicted octanol–water partition coefficient (Wildman–Crippen LogP) is 7.32. The van der Waals surface area contributed by atoms with Gasteiger partial charge in [-0.2, -0.15) is 0 Å². The third kappa shape index (κ3) is 5.73. The summed E-state index contributed by atoms with van der Waals surface area (Å²) in [6.45, 7) is 0.486. The van der Waals surface area contributed by atoms with Crippen molar-refractivity contribution in [3.8, 4) is 21.8 Å². The summed E-state index contributed by atoms with van der Waals surface area (Å²) in [5, 5.41) is 6.19. The first-order valence-corrected chi connectivity index (χ1v) is 12.6. The minimum Gasteiger partial charge on any atom is -0.352 e. The van der Waals surface area contributed by atoms with Crippen LogP contribution in [0.4, 0.5) is 0 Å². The van der Waals surface area contributed by atoms with Crippen molar-refractivity contribution >= 4 is 17.2 Å². The van der Waals surface area contributed by atoms with Crippen LogP contribution in [0.15, 0.2) is 121 Å². The van der Waals surface area contributed by atoms with Crippen LogP contribution in [0.25, 0.3) is 21.8 Å². The van der Waals surface area contributed by atoms with E-state index in [1.165, 1.54) is 0 Å². The smallest absolute Gasteiger partial charge is 0.221 e. The molecule has 0 atom stereocenters. The molecule has 4 heteroatoms. The van der Waals surface area contributed by atoms with Gasteiger partial charge in [0.2, 0.25) is 5.91 Å². The van der Waals surface area contributed by atoms with Crippen LogP contribution in [0.3, 0.4) is 0 Å². The Morgan fingerprint density at radius 2 is 1.34 bits per heavy atom. The molecule has 0 saturated carbocycles. The number of nitrogens with zero attached hydrogens (tertiary/aromatic N) is 1. The van der Waals surface area contributed by atoms with Gasteiger partial charge in [0.25, 0.3) is 0 Å². The zero-order valence-electron chi connectivity index (χ0n) is 19.3. The largest absolute Gasteiger partial charge is 0.352 e. The van der Waals surface area contributed by atoms with Crippen LogP contribution in [-0.2, 0) is 11.3 Å². The van der Waals surface area contributed by atoms with E-state index in [1.54, 1.807) is 11.3 Å². The van der Waals surface area contributed by atoms with E-state index in [-0.39, 0.29) is 11.8 Å². The Morgan fingerprint density at radius 1 is 0.743 bits per heavy atom. The molecule has 0 aliphatic heterocycles. The molecule has 0 unspecified atom stereocenters. The fourth-order valence-corrected chi connectivity index (χ4v) is 5.05. The number of benzene rings is 4. The molecule has 0 aliphatic carbocycles. The van der Waals surface area contributed by atoms with E-state index >= 15 is 0 Å². The summed E-state index contributed by atoms with van der Waals surface area (Å²) in [4.78, 5) is 17.8. The van der Waals surface area contributed by atoms with Gasteiger partial charge in [-0.1, -0.05) is 109 Å². The topological polar surface area (TPSA) is 42.0 Å². The van der Waals surface area contributed by atoms with Crippen molar-refractivity contribution in [2.45, 2.75) is 18.9 Å². The molecule has 5 rings (SSSR count). The molecular formula is C31H26N2OS. The van der Waals surface area contributed by atoms with E-state index in [0.717, 1.165) is 38.5 Å². The van der Waals surface area contributed by atoms with E-state index in [9.17, 15) is 4.79 Å². The van der Waals surface area contributed by atoms with Crippen LogP contribution in [0, 0.1) is 0 Å². The summed E-state index contributed by atoms with van der Waals surface area (Å²) < 4.78 is 0. The lowest BCUT2D eigenvalue weighted by molar-refractivity contribution is -0.121. The molecule has 1 amide bonds. The maximum Gasteiger partial charge on any atom is 0.221 e. The van der Waals surface area contributed by atoms with E-state index in [1.807, 2.05) is 66.7 Å². The number of carbonyl (C=O) groups is 1. The Bertz CT molecular complexity index is 1340. The van der Waals surface area contributed by atoms with Gasteiger partial charge in [-0.15, -0.1) is 11.3 Å². The fourth-order valence-electron chi connectivity index (χ4n) is 4.22. The van der Waals surface area contributed by atoms with Crippen molar-refractivity contribution in [1.82, 2.24) is 10.3 Å². The van der Waals surface area contributed by atoms with E-state index in [2.05, 4.69) is 59.2 Å². The molecule has 0 aliphatic rings. The highest BCUT2D eigenvalue weighted by molar-refractivity contribution is 7.13. The first-order chi connectivity index (χ1) is 17.3. The van der Waals surface area contributed by atoms with Gasteiger partial charge in [0, 0.05) is 35.4 Å². The molecule has 1 aromatic heterocycles. The second kappa shape index (κ2) is 10.9. The summed E-state index contributed by atoms with van der Waals surface area (Å²) in [6.07, 6.45) is 0.403. The summed E-state index contributed by atoms with van der Waals surface area (Å²) in [7, 11) is 0. The molecule has 172 valence electrons. The zero-order chi connectivity index (χ0) is 23.9. The normalized spacial score (nSPS) is 10.9. The van der Waals surface area contributed by atoms with Gasteiger partial charge >= 0.3 is 0 Å². The third-order valence-electron chi connectivity index (χ3n) is 6.03. The standard InChI is InChI=1S/C31H26N2OS/c34-30(20-28(24-12-4-1-5-13-24)25-14-6-2-7-15-25)32-21-23-11-10-18-27(19-23)31-33-29(22-35-31)26-16-8-3-9-17-26/h1-19,22,28H,20-21H2,(H,32,34). The molecule has 0 radical (unpaired) electrons. The Hall–Kier alpha value is -4.02. The highest BCUT2D eigenvalue weighted by Gasteiger charge is 2.18. The first-order valence-electron chi connectivity index (χ1n) is 11.7. The minimum absolute atomic E-state index is 0.0236. The number of hydrogen-bond donors (Lipinski definition) is 1. The quantitative estimate of drug-likeness (QED) is 0.256. The summed E-state index contributed by atoms with van der Waals surface area (Å²) in [6, 6.07) is 38.9. The second-order valence-corrected chi connectivity index (χ2v) is 9.32. The number of rotatable bonds is 8. The van der Waals surface area contributed by atoms with Gasteiger partial charge in [0.1, 0.15) is 5.01 Å². The summed E-state index contributed by atoms with van der Waals surface area (Å²) in [5.41, 5.74) is 6.52. The lowest BCUT2D eigenvalue weighted by Gasteiger charge is -2.18. The highest BCUT2D eigenvalue weighted by atomic mass is 32.1. The minimum atomic E-state index is 0.0236. The van der Waals surface area contributed by atoms with Crippen LogP contribution in [0.1, 0.15) is 29.0 Å². The number of aromatic nitrogens is 1. The lowest BCUT2D eigenvalue weighted by atomic mass is 9.88. The van der Waals surface area contributed by atoms with Crippen LogP contribution >= 0.6 is 11.3 Å². The Balaban J connectivity index is 1.26. The highest BCUT2D eigenvalue weighted by Crippen LogP contribution is 2.30. The monoisotopic (exact) mass is 474 g/mol. The number of thiazole rings is 1. The molecule has 4 aromatic carbocycles. The number of amides is 1. The Labute approximate surface area is 210 Å².